The molecule has 2 aromatic rings. The van der Waals surface area contributed by atoms with E-state index in [4.69, 9.17) is 4.74 Å². The molecule has 0 amide bonds. The van der Waals surface area contributed by atoms with Gasteiger partial charge in [0.25, 0.3) is 0 Å². The lowest BCUT2D eigenvalue weighted by atomic mass is 10.0. The molecular formula is C18H19IO4S. The molecule has 0 unspecified atom stereocenters. The smallest absolute Gasteiger partial charge is 0.196 e. The van der Waals surface area contributed by atoms with E-state index in [9.17, 15) is 13.2 Å². The Bertz CT molecular complexity index is 781. The summed E-state index contributed by atoms with van der Waals surface area (Å²) in [6.07, 6.45) is 0.900. The third-order valence-corrected chi connectivity index (χ3v) is 5.80. The molecule has 2 rings (SSSR count). The molecule has 0 heterocycles. The van der Waals surface area contributed by atoms with Crippen LogP contribution in [-0.4, -0.2) is 31.7 Å². The molecule has 0 N–H and O–H groups in total. The zero-order valence-corrected chi connectivity index (χ0v) is 16.3. The third kappa shape index (κ3) is 5.39. The predicted molar refractivity (Wildman–Crippen MR) is 103 cm³/mol. The van der Waals surface area contributed by atoms with Crippen LogP contribution in [0.1, 0.15) is 12.0 Å². The molecule has 0 atom stereocenters. The van der Waals surface area contributed by atoms with Gasteiger partial charge in [-0.15, -0.1) is 0 Å². The Morgan fingerprint density at radius 2 is 1.54 bits per heavy atom. The number of carbonyl (C=O) groups excluding carboxylic acids is 1. The molecule has 0 bridgehead atoms. The molecule has 6 heteroatoms. The van der Waals surface area contributed by atoms with Gasteiger partial charge in [-0.25, -0.2) is 8.42 Å². The molecule has 2 aromatic carbocycles. The number of hydrogen-bond acceptors (Lipinski definition) is 4. The number of methoxy groups -OCH3 is 1. The molecule has 24 heavy (non-hydrogen) atoms. The Labute approximate surface area is 156 Å². The molecule has 0 aliphatic rings. The Hall–Kier alpha value is -1.25. The van der Waals surface area contributed by atoms with E-state index in [-0.39, 0.29) is 9.54 Å². The maximum Gasteiger partial charge on any atom is 0.196 e. The van der Waals surface area contributed by atoms with Gasteiger partial charge in [-0.1, -0.05) is 36.4 Å². The van der Waals surface area contributed by atoms with Crippen LogP contribution in [0.15, 0.2) is 53.4 Å². The number of ether oxygens (including phenoxy) is 1. The number of benzene rings is 2. The molecule has 0 aromatic heterocycles. The summed E-state index contributed by atoms with van der Waals surface area (Å²) in [5.74, 6) is 0.0826. The summed E-state index contributed by atoms with van der Waals surface area (Å²) in [5.41, 5.74) is 2.90. The summed E-state index contributed by atoms with van der Waals surface area (Å²) in [6.45, 7) is 0.434. The van der Waals surface area contributed by atoms with Gasteiger partial charge in [0.05, 0.1) is 10.6 Å². The second kappa shape index (κ2) is 8.73. The molecule has 0 fully saturated rings. The van der Waals surface area contributed by atoms with Gasteiger partial charge >= 0.3 is 0 Å². The van der Waals surface area contributed by atoms with E-state index in [1.165, 1.54) is 0 Å². The highest BCUT2D eigenvalue weighted by Crippen LogP contribution is 2.23. The molecule has 0 radical (unpaired) electrons. The van der Waals surface area contributed by atoms with Crippen LogP contribution in [0, 0.1) is 0 Å². The normalized spacial score (nSPS) is 11.4. The number of rotatable bonds is 8. The molecule has 4 nitrogen and oxygen atoms in total. The molecule has 0 saturated heterocycles. The van der Waals surface area contributed by atoms with Crippen LogP contribution in [0.2, 0.25) is 0 Å². The minimum Gasteiger partial charge on any atom is -0.385 e. The van der Waals surface area contributed by atoms with E-state index in [1.54, 1.807) is 41.8 Å². The van der Waals surface area contributed by atoms with Gasteiger partial charge in [0.15, 0.2) is 13.6 Å². The van der Waals surface area contributed by atoms with Crippen LogP contribution in [0.25, 0.3) is 11.1 Å². The van der Waals surface area contributed by atoms with Crippen LogP contribution >= 0.6 is 22.6 Å². The summed E-state index contributed by atoms with van der Waals surface area (Å²) in [4.78, 5) is 11.4. The number of hydrogen-bond donors (Lipinski definition) is 0. The minimum absolute atomic E-state index is 0.0826. The fourth-order valence-electron chi connectivity index (χ4n) is 2.34. The van der Waals surface area contributed by atoms with E-state index in [0.717, 1.165) is 16.7 Å². The molecular weight excluding hydrogens is 439 g/mol. The molecule has 0 saturated carbocycles. The van der Waals surface area contributed by atoms with Crippen molar-refractivity contribution in [2.45, 2.75) is 17.7 Å². The lowest BCUT2D eigenvalue weighted by Crippen LogP contribution is -2.08. The Kier molecular flexibility index (Phi) is 6.94. The van der Waals surface area contributed by atoms with Crippen molar-refractivity contribution in [3.63, 3.8) is 0 Å². The summed E-state index contributed by atoms with van der Waals surface area (Å²) in [7, 11) is -1.71. The Morgan fingerprint density at radius 1 is 1.00 bits per heavy atom. The molecule has 0 aliphatic heterocycles. The number of halogens is 1. The van der Waals surface area contributed by atoms with Crippen LogP contribution in [0.5, 0.6) is 0 Å². The molecule has 0 aliphatic carbocycles. The van der Waals surface area contributed by atoms with E-state index in [0.29, 0.717) is 24.3 Å². The van der Waals surface area contributed by atoms with Gasteiger partial charge in [0, 0.05) is 20.1 Å². The van der Waals surface area contributed by atoms with E-state index < -0.39 is 9.84 Å². The zero-order valence-electron chi connectivity index (χ0n) is 13.4. The highest BCUT2D eigenvalue weighted by molar-refractivity contribution is 14.1. The van der Waals surface area contributed by atoms with Gasteiger partial charge < -0.3 is 4.74 Å². The van der Waals surface area contributed by atoms with Crippen molar-refractivity contribution in [2.24, 2.45) is 0 Å². The van der Waals surface area contributed by atoms with Gasteiger partial charge in [-0.2, -0.15) is 0 Å². The summed E-state index contributed by atoms with van der Waals surface area (Å²) < 4.78 is 29.4. The largest absolute Gasteiger partial charge is 0.385 e. The Balaban J connectivity index is 2.12. The Morgan fingerprint density at radius 3 is 2.04 bits per heavy atom. The van der Waals surface area contributed by atoms with E-state index in [1.807, 2.05) is 36.4 Å². The first-order valence-corrected chi connectivity index (χ1v) is 10.2. The lowest BCUT2D eigenvalue weighted by molar-refractivity contribution is -0.108. The maximum absolute atomic E-state index is 12.2. The van der Waals surface area contributed by atoms with Crippen LogP contribution < -0.4 is 0 Å². The maximum atomic E-state index is 12.2. The highest BCUT2D eigenvalue weighted by atomic mass is 127. The van der Waals surface area contributed by atoms with Crippen molar-refractivity contribution < 1.29 is 17.9 Å². The standard InChI is InChI=1S/C18H19IO4S/c1-23-11-2-12-24(21,22)17-9-7-16(8-10-17)15-5-3-14(4-6-15)13-18(19)20/h3-10H,2,11-13H2,1H3. The van der Waals surface area contributed by atoms with Crippen molar-refractivity contribution >= 4 is 36.2 Å². The van der Waals surface area contributed by atoms with Crippen LogP contribution in [0.3, 0.4) is 0 Å². The number of carbonyl (C=O) groups is 1. The average Bonchev–Trinajstić information content (AvgIpc) is 2.55. The average molecular weight is 458 g/mol. The first-order chi connectivity index (χ1) is 11.4. The zero-order chi connectivity index (χ0) is 17.6. The monoisotopic (exact) mass is 458 g/mol. The highest BCUT2D eigenvalue weighted by Gasteiger charge is 2.14. The summed E-state index contributed by atoms with van der Waals surface area (Å²) >= 11 is 1.79. The fourth-order valence-corrected chi connectivity index (χ4v) is 4.07. The molecule has 128 valence electrons. The van der Waals surface area contributed by atoms with Crippen molar-refractivity contribution in [2.75, 3.05) is 19.5 Å². The minimum atomic E-state index is -3.27. The fraction of sp³-hybridized carbons (Fsp3) is 0.278. The second-order valence-electron chi connectivity index (χ2n) is 5.42. The van der Waals surface area contributed by atoms with Crippen LogP contribution in [-0.2, 0) is 25.8 Å². The van der Waals surface area contributed by atoms with E-state index >= 15 is 0 Å². The van der Waals surface area contributed by atoms with Crippen molar-refractivity contribution in [1.29, 1.82) is 0 Å². The lowest BCUT2D eigenvalue weighted by Gasteiger charge is -2.07. The third-order valence-electron chi connectivity index (χ3n) is 3.61. The molecule has 0 spiro atoms. The number of sulfone groups is 1. The summed E-state index contributed by atoms with van der Waals surface area (Å²) in [5, 5.41) is 0. The second-order valence-corrected chi connectivity index (χ2v) is 8.73. The van der Waals surface area contributed by atoms with Gasteiger partial charge in [-0.05, 0) is 57.8 Å². The van der Waals surface area contributed by atoms with E-state index in [2.05, 4.69) is 0 Å². The first-order valence-electron chi connectivity index (χ1n) is 7.52. The van der Waals surface area contributed by atoms with Crippen molar-refractivity contribution in [3.05, 3.63) is 54.1 Å². The van der Waals surface area contributed by atoms with Gasteiger partial charge in [0.1, 0.15) is 0 Å². The van der Waals surface area contributed by atoms with Crippen LogP contribution in [0.4, 0.5) is 0 Å². The quantitative estimate of drug-likeness (QED) is 0.344. The van der Waals surface area contributed by atoms with Gasteiger partial charge in [-0.3, -0.25) is 4.79 Å². The van der Waals surface area contributed by atoms with Crippen molar-refractivity contribution in [1.82, 2.24) is 0 Å². The van der Waals surface area contributed by atoms with Gasteiger partial charge in [0.2, 0.25) is 0 Å². The SMILES string of the molecule is COCCCS(=O)(=O)c1ccc(-c2ccc(CC(=O)I)cc2)cc1. The predicted octanol–water partition coefficient (Wildman–Crippen LogP) is 3.67. The van der Waals surface area contributed by atoms with Crippen molar-refractivity contribution in [3.8, 4) is 11.1 Å². The first kappa shape index (κ1) is 19.1. The summed E-state index contributed by atoms with van der Waals surface area (Å²) in [6, 6.07) is 14.6. The topological polar surface area (TPSA) is 60.4 Å².